The molecule has 0 spiro atoms. The van der Waals surface area contributed by atoms with Gasteiger partial charge in [0.1, 0.15) is 0 Å². The van der Waals surface area contributed by atoms with Crippen LogP contribution in [0.2, 0.25) is 0 Å². The molecule has 1 aliphatic heterocycles. The molecule has 2 fully saturated rings. The molecule has 0 radical (unpaired) electrons. The summed E-state index contributed by atoms with van der Waals surface area (Å²) in [6.45, 7) is 2.74. The summed E-state index contributed by atoms with van der Waals surface area (Å²) < 4.78 is 1.66. The second-order valence-corrected chi connectivity index (χ2v) is 5.92. The first-order valence-electron chi connectivity index (χ1n) is 6.99. The summed E-state index contributed by atoms with van der Waals surface area (Å²) >= 11 is 0. The first kappa shape index (κ1) is 13.1. The first-order valence-corrected chi connectivity index (χ1v) is 6.99. The van der Waals surface area contributed by atoms with Gasteiger partial charge in [0.15, 0.2) is 0 Å². The fourth-order valence-corrected chi connectivity index (χ4v) is 3.14. The summed E-state index contributed by atoms with van der Waals surface area (Å²) in [6.07, 6.45) is 3.77. The summed E-state index contributed by atoms with van der Waals surface area (Å²) in [6, 6.07) is 0. The molecule has 1 N–H and O–H groups in total. The molecule has 3 rings (SSSR count). The Morgan fingerprint density at radius 3 is 2.55 bits per heavy atom. The highest BCUT2D eigenvalue weighted by atomic mass is 16.4. The van der Waals surface area contributed by atoms with Crippen molar-refractivity contribution in [2.75, 3.05) is 13.1 Å². The molecule has 0 unspecified atom stereocenters. The van der Waals surface area contributed by atoms with Gasteiger partial charge >= 0.3 is 5.97 Å². The number of hydrogen-bond acceptors (Lipinski definition) is 3. The van der Waals surface area contributed by atoms with Crippen LogP contribution in [0.4, 0.5) is 0 Å². The zero-order valence-corrected chi connectivity index (χ0v) is 11.7. The number of carboxylic acids is 1. The molecule has 0 bridgehead atoms. The van der Waals surface area contributed by atoms with Gasteiger partial charge in [-0.15, -0.1) is 0 Å². The van der Waals surface area contributed by atoms with E-state index in [-0.39, 0.29) is 11.8 Å². The minimum Gasteiger partial charge on any atom is -0.481 e. The number of rotatable bonds is 3. The molecule has 108 valence electrons. The zero-order valence-electron chi connectivity index (χ0n) is 11.7. The van der Waals surface area contributed by atoms with Crippen LogP contribution >= 0.6 is 0 Å². The average molecular weight is 277 g/mol. The lowest BCUT2D eigenvalue weighted by molar-refractivity contribution is -0.142. The molecule has 1 aromatic heterocycles. The number of hydrogen-bond donors (Lipinski definition) is 1. The van der Waals surface area contributed by atoms with Gasteiger partial charge < -0.3 is 10.0 Å². The molecule has 1 aromatic rings. The third kappa shape index (κ3) is 2.09. The molecule has 2 heterocycles. The van der Waals surface area contributed by atoms with Gasteiger partial charge in [-0.05, 0) is 31.6 Å². The number of aromatic nitrogens is 2. The van der Waals surface area contributed by atoms with E-state index in [9.17, 15) is 14.7 Å². The lowest BCUT2D eigenvalue weighted by Gasteiger charge is -2.15. The maximum atomic E-state index is 12.5. The van der Waals surface area contributed by atoms with E-state index in [1.807, 2.05) is 6.92 Å². The maximum absolute atomic E-state index is 12.5. The van der Waals surface area contributed by atoms with E-state index < -0.39 is 11.9 Å². The van der Waals surface area contributed by atoms with Crippen LogP contribution in [0.5, 0.6) is 0 Å². The smallest absolute Gasteiger partial charge is 0.308 e. The first-order chi connectivity index (χ1) is 9.49. The standard InChI is InChI=1S/C14H19N3O3/c1-8-10(5-15-16(8)2)13(18)17-6-11(9-3-4-9)12(7-17)14(19)20/h5,9,11-12H,3-4,6-7H2,1-2H3,(H,19,20)/t11-,12+/m1/s1. The summed E-state index contributed by atoms with van der Waals surface area (Å²) in [5, 5.41) is 13.4. The van der Waals surface area contributed by atoms with Gasteiger partial charge in [-0.2, -0.15) is 5.10 Å². The van der Waals surface area contributed by atoms with Crippen molar-refractivity contribution in [3.63, 3.8) is 0 Å². The van der Waals surface area contributed by atoms with Gasteiger partial charge in [-0.25, -0.2) is 0 Å². The fraction of sp³-hybridized carbons (Fsp3) is 0.643. The Morgan fingerprint density at radius 1 is 1.35 bits per heavy atom. The van der Waals surface area contributed by atoms with E-state index in [2.05, 4.69) is 5.10 Å². The molecule has 1 amide bonds. The average Bonchev–Trinajstić information content (AvgIpc) is 3.07. The van der Waals surface area contributed by atoms with E-state index in [0.29, 0.717) is 24.6 Å². The van der Waals surface area contributed by atoms with Crippen molar-refractivity contribution in [3.8, 4) is 0 Å². The van der Waals surface area contributed by atoms with Crippen molar-refractivity contribution in [2.24, 2.45) is 24.8 Å². The normalized spacial score (nSPS) is 26.0. The van der Waals surface area contributed by atoms with Crippen molar-refractivity contribution in [3.05, 3.63) is 17.5 Å². The fourth-order valence-electron chi connectivity index (χ4n) is 3.14. The number of amides is 1. The van der Waals surface area contributed by atoms with Crippen molar-refractivity contribution < 1.29 is 14.7 Å². The Labute approximate surface area is 117 Å². The highest BCUT2D eigenvalue weighted by molar-refractivity contribution is 5.95. The maximum Gasteiger partial charge on any atom is 0.308 e. The number of aryl methyl sites for hydroxylation is 1. The minimum absolute atomic E-state index is 0.0926. The van der Waals surface area contributed by atoms with Crippen molar-refractivity contribution in [1.29, 1.82) is 0 Å². The van der Waals surface area contributed by atoms with Gasteiger partial charge in [0, 0.05) is 25.8 Å². The van der Waals surface area contributed by atoms with Crippen molar-refractivity contribution >= 4 is 11.9 Å². The third-order valence-electron chi connectivity index (χ3n) is 4.66. The molecule has 1 aliphatic carbocycles. The van der Waals surface area contributed by atoms with Gasteiger partial charge in [0.2, 0.25) is 0 Å². The van der Waals surface area contributed by atoms with Crippen LogP contribution in [-0.4, -0.2) is 44.8 Å². The molecule has 0 aromatic carbocycles. The molecule has 2 atom stereocenters. The Bertz CT molecular complexity index is 562. The minimum atomic E-state index is -0.778. The summed E-state index contributed by atoms with van der Waals surface area (Å²) in [7, 11) is 1.79. The van der Waals surface area contributed by atoms with Crippen LogP contribution in [-0.2, 0) is 11.8 Å². The van der Waals surface area contributed by atoms with Crippen molar-refractivity contribution in [1.82, 2.24) is 14.7 Å². The number of likely N-dealkylation sites (tertiary alicyclic amines) is 1. The summed E-state index contributed by atoms with van der Waals surface area (Å²) in [4.78, 5) is 25.6. The molecule has 1 saturated carbocycles. The SMILES string of the molecule is Cc1c(C(=O)N2C[C@H](C(=O)O)[C@@H](C3CC3)C2)cnn1C. The van der Waals surface area contributed by atoms with E-state index in [1.165, 1.54) is 0 Å². The molecular weight excluding hydrogens is 258 g/mol. The lowest BCUT2D eigenvalue weighted by atomic mass is 9.92. The number of carboxylic acid groups (broad SMARTS) is 1. The predicted octanol–water partition coefficient (Wildman–Crippen LogP) is 0.911. The van der Waals surface area contributed by atoms with Crippen LogP contribution in [0.1, 0.15) is 28.9 Å². The molecule has 2 aliphatic rings. The number of aliphatic carboxylic acids is 1. The van der Waals surface area contributed by atoms with E-state index in [1.54, 1.807) is 22.8 Å². The molecule has 20 heavy (non-hydrogen) atoms. The Balaban J connectivity index is 1.79. The number of carbonyl (C=O) groups excluding carboxylic acids is 1. The van der Waals surface area contributed by atoms with Crippen LogP contribution in [0.25, 0.3) is 0 Å². The van der Waals surface area contributed by atoms with Crippen LogP contribution in [0.15, 0.2) is 6.20 Å². The van der Waals surface area contributed by atoms with Gasteiger partial charge in [-0.1, -0.05) is 0 Å². The van der Waals surface area contributed by atoms with Crippen LogP contribution in [0, 0.1) is 24.7 Å². The molecule has 6 heteroatoms. The predicted molar refractivity (Wildman–Crippen MR) is 71.2 cm³/mol. The lowest BCUT2D eigenvalue weighted by Crippen LogP contribution is -2.30. The van der Waals surface area contributed by atoms with E-state index in [4.69, 9.17) is 0 Å². The van der Waals surface area contributed by atoms with Gasteiger partial charge in [0.05, 0.1) is 17.7 Å². The second kappa shape index (κ2) is 4.61. The Kier molecular flexibility index (Phi) is 3.03. The van der Waals surface area contributed by atoms with Gasteiger partial charge in [0.25, 0.3) is 5.91 Å². The Morgan fingerprint density at radius 2 is 2.05 bits per heavy atom. The summed E-state index contributed by atoms with van der Waals surface area (Å²) in [5.41, 5.74) is 1.39. The van der Waals surface area contributed by atoms with Crippen molar-refractivity contribution in [2.45, 2.75) is 19.8 Å². The van der Waals surface area contributed by atoms with E-state index in [0.717, 1.165) is 18.5 Å². The third-order valence-corrected chi connectivity index (χ3v) is 4.66. The molecule has 1 saturated heterocycles. The second-order valence-electron chi connectivity index (χ2n) is 5.92. The quantitative estimate of drug-likeness (QED) is 0.891. The topological polar surface area (TPSA) is 75.4 Å². The summed E-state index contributed by atoms with van der Waals surface area (Å²) in [5.74, 6) is -0.675. The molecule has 6 nitrogen and oxygen atoms in total. The monoisotopic (exact) mass is 277 g/mol. The zero-order chi connectivity index (χ0) is 14.4. The number of carbonyl (C=O) groups is 2. The number of nitrogens with zero attached hydrogens (tertiary/aromatic N) is 3. The van der Waals surface area contributed by atoms with E-state index >= 15 is 0 Å². The van der Waals surface area contributed by atoms with Gasteiger partial charge in [-0.3, -0.25) is 14.3 Å². The van der Waals surface area contributed by atoms with Crippen LogP contribution in [0.3, 0.4) is 0 Å². The Hall–Kier alpha value is -1.85. The largest absolute Gasteiger partial charge is 0.481 e. The highest BCUT2D eigenvalue weighted by Gasteiger charge is 2.47. The highest BCUT2D eigenvalue weighted by Crippen LogP contribution is 2.44. The van der Waals surface area contributed by atoms with Crippen LogP contribution < -0.4 is 0 Å². The molecular formula is C14H19N3O3.